The molecule has 0 aliphatic rings. The SMILES string of the molecule is CC(CC(=O)O)n1nnnc1-c1ccc(F)cc1F. The average molecular weight is 268 g/mol. The fourth-order valence-corrected chi connectivity index (χ4v) is 1.68. The smallest absolute Gasteiger partial charge is 0.305 e. The molecule has 2 rings (SSSR count). The zero-order valence-corrected chi connectivity index (χ0v) is 9.92. The van der Waals surface area contributed by atoms with E-state index in [9.17, 15) is 13.6 Å². The molecule has 0 bridgehead atoms. The molecule has 0 aliphatic carbocycles. The van der Waals surface area contributed by atoms with Gasteiger partial charge in [0.25, 0.3) is 0 Å². The van der Waals surface area contributed by atoms with Crippen LogP contribution in [0, 0.1) is 11.6 Å². The standard InChI is InChI=1S/C11H10F2N4O2/c1-6(4-10(18)19)17-11(14-15-16-17)8-3-2-7(12)5-9(8)13/h2-3,5-6H,4H2,1H3,(H,18,19). The van der Waals surface area contributed by atoms with Crippen molar-refractivity contribution in [3.8, 4) is 11.4 Å². The van der Waals surface area contributed by atoms with Gasteiger partial charge in [-0.25, -0.2) is 13.5 Å². The van der Waals surface area contributed by atoms with E-state index in [4.69, 9.17) is 5.11 Å². The van der Waals surface area contributed by atoms with Crippen molar-refractivity contribution < 1.29 is 18.7 Å². The van der Waals surface area contributed by atoms with Crippen LogP contribution < -0.4 is 0 Å². The van der Waals surface area contributed by atoms with E-state index in [2.05, 4.69) is 15.5 Å². The third kappa shape index (κ3) is 2.72. The van der Waals surface area contributed by atoms with Crippen LogP contribution in [0.4, 0.5) is 8.78 Å². The number of benzene rings is 1. The molecule has 2 aromatic rings. The molecule has 100 valence electrons. The van der Waals surface area contributed by atoms with Crippen molar-refractivity contribution in [2.75, 3.05) is 0 Å². The van der Waals surface area contributed by atoms with Crippen molar-refractivity contribution in [3.63, 3.8) is 0 Å². The van der Waals surface area contributed by atoms with E-state index >= 15 is 0 Å². The predicted molar refractivity (Wildman–Crippen MR) is 60.1 cm³/mol. The van der Waals surface area contributed by atoms with Crippen LogP contribution in [-0.2, 0) is 4.79 Å². The fraction of sp³-hybridized carbons (Fsp3) is 0.273. The van der Waals surface area contributed by atoms with Crippen LogP contribution in [0.5, 0.6) is 0 Å². The van der Waals surface area contributed by atoms with Gasteiger partial charge in [0.1, 0.15) is 11.6 Å². The summed E-state index contributed by atoms with van der Waals surface area (Å²) in [5.74, 6) is -2.47. The molecule has 1 heterocycles. The molecule has 1 aromatic heterocycles. The first-order valence-corrected chi connectivity index (χ1v) is 5.44. The van der Waals surface area contributed by atoms with E-state index in [1.807, 2.05) is 0 Å². The second-order valence-corrected chi connectivity index (χ2v) is 4.02. The highest BCUT2D eigenvalue weighted by Gasteiger charge is 2.19. The summed E-state index contributed by atoms with van der Waals surface area (Å²) in [6.07, 6.45) is -0.207. The number of halogens is 2. The van der Waals surface area contributed by atoms with Crippen LogP contribution in [0.1, 0.15) is 19.4 Å². The van der Waals surface area contributed by atoms with Gasteiger partial charge in [-0.1, -0.05) is 0 Å². The lowest BCUT2D eigenvalue weighted by atomic mass is 10.1. The zero-order valence-electron chi connectivity index (χ0n) is 9.92. The van der Waals surface area contributed by atoms with Crippen LogP contribution in [0.3, 0.4) is 0 Å². The fourth-order valence-electron chi connectivity index (χ4n) is 1.68. The number of rotatable bonds is 4. The van der Waals surface area contributed by atoms with Crippen LogP contribution in [0.2, 0.25) is 0 Å². The summed E-state index contributed by atoms with van der Waals surface area (Å²) in [4.78, 5) is 10.7. The first kappa shape index (κ1) is 13.1. The Morgan fingerprint density at radius 2 is 2.21 bits per heavy atom. The lowest BCUT2D eigenvalue weighted by molar-refractivity contribution is -0.137. The van der Waals surface area contributed by atoms with Crippen LogP contribution in [0.15, 0.2) is 18.2 Å². The number of carbonyl (C=O) groups is 1. The Bertz CT molecular complexity index is 614. The van der Waals surface area contributed by atoms with Crippen LogP contribution in [-0.4, -0.2) is 31.3 Å². The predicted octanol–water partition coefficient (Wildman–Crippen LogP) is 1.65. The number of aromatic nitrogens is 4. The maximum Gasteiger partial charge on any atom is 0.305 e. The van der Waals surface area contributed by atoms with Crippen LogP contribution >= 0.6 is 0 Å². The monoisotopic (exact) mass is 268 g/mol. The van der Waals surface area contributed by atoms with Crippen molar-refractivity contribution in [2.45, 2.75) is 19.4 Å². The lowest BCUT2D eigenvalue weighted by Gasteiger charge is -2.11. The molecule has 19 heavy (non-hydrogen) atoms. The van der Waals surface area contributed by atoms with Gasteiger partial charge in [-0.05, 0) is 29.5 Å². The van der Waals surface area contributed by atoms with Crippen molar-refractivity contribution in [2.24, 2.45) is 0 Å². The van der Waals surface area contributed by atoms with Gasteiger partial charge >= 0.3 is 5.97 Å². The summed E-state index contributed by atoms with van der Waals surface area (Å²) < 4.78 is 27.7. The number of aliphatic carboxylic acids is 1. The number of carboxylic acids is 1. The Kier molecular flexibility index (Phi) is 3.50. The van der Waals surface area contributed by atoms with E-state index < -0.39 is 23.6 Å². The number of hydrogen-bond acceptors (Lipinski definition) is 4. The normalized spacial score (nSPS) is 12.4. The van der Waals surface area contributed by atoms with E-state index in [1.165, 1.54) is 10.7 Å². The molecule has 0 saturated carbocycles. The quantitative estimate of drug-likeness (QED) is 0.911. The van der Waals surface area contributed by atoms with Gasteiger partial charge in [0.2, 0.25) is 0 Å². The molecule has 8 heteroatoms. The highest BCUT2D eigenvalue weighted by Crippen LogP contribution is 2.23. The van der Waals surface area contributed by atoms with Gasteiger partial charge in [0.05, 0.1) is 18.0 Å². The van der Waals surface area contributed by atoms with E-state index in [0.717, 1.165) is 12.1 Å². The average Bonchev–Trinajstić information content (AvgIpc) is 2.76. The van der Waals surface area contributed by atoms with Crippen molar-refractivity contribution in [1.82, 2.24) is 20.2 Å². The van der Waals surface area contributed by atoms with Crippen molar-refractivity contribution in [3.05, 3.63) is 29.8 Å². The molecule has 1 atom stereocenters. The Balaban J connectivity index is 2.41. The topological polar surface area (TPSA) is 80.9 Å². The summed E-state index contributed by atoms with van der Waals surface area (Å²) in [5.41, 5.74) is 0.0173. The molecule has 0 spiro atoms. The van der Waals surface area contributed by atoms with Gasteiger partial charge in [-0.2, -0.15) is 0 Å². The zero-order chi connectivity index (χ0) is 14.0. The Hall–Kier alpha value is -2.38. The Morgan fingerprint density at radius 3 is 2.84 bits per heavy atom. The molecule has 0 fully saturated rings. The third-order valence-corrected chi connectivity index (χ3v) is 2.55. The third-order valence-electron chi connectivity index (χ3n) is 2.55. The molecule has 6 nitrogen and oxygen atoms in total. The highest BCUT2D eigenvalue weighted by molar-refractivity contribution is 5.67. The molecular weight excluding hydrogens is 258 g/mol. The van der Waals surface area contributed by atoms with Gasteiger partial charge in [0, 0.05) is 6.07 Å². The first-order chi connectivity index (χ1) is 8.99. The summed E-state index contributed by atoms with van der Waals surface area (Å²) >= 11 is 0. The summed E-state index contributed by atoms with van der Waals surface area (Å²) in [7, 11) is 0. The summed E-state index contributed by atoms with van der Waals surface area (Å²) in [6.45, 7) is 1.59. The van der Waals surface area contributed by atoms with Gasteiger partial charge in [0.15, 0.2) is 5.82 Å². The molecule has 0 amide bonds. The van der Waals surface area contributed by atoms with Gasteiger partial charge < -0.3 is 5.11 Å². The number of hydrogen-bond donors (Lipinski definition) is 1. The molecule has 1 unspecified atom stereocenters. The molecule has 1 N–H and O–H groups in total. The van der Waals surface area contributed by atoms with Gasteiger partial charge in [-0.3, -0.25) is 4.79 Å². The second kappa shape index (κ2) is 5.09. The summed E-state index contributed by atoms with van der Waals surface area (Å²) in [5, 5.41) is 19.4. The molecule has 0 aliphatic heterocycles. The molecular formula is C11H10F2N4O2. The van der Waals surface area contributed by atoms with Crippen LogP contribution in [0.25, 0.3) is 11.4 Å². The number of carboxylic acid groups (broad SMARTS) is 1. The minimum absolute atomic E-state index is 0.0173. The summed E-state index contributed by atoms with van der Waals surface area (Å²) in [6, 6.07) is 2.46. The van der Waals surface area contributed by atoms with E-state index in [0.29, 0.717) is 0 Å². The largest absolute Gasteiger partial charge is 0.481 e. The minimum atomic E-state index is -1.02. The molecule has 0 saturated heterocycles. The number of nitrogens with zero attached hydrogens (tertiary/aromatic N) is 4. The maximum atomic E-state index is 13.7. The van der Waals surface area contributed by atoms with Crippen molar-refractivity contribution in [1.29, 1.82) is 0 Å². The highest BCUT2D eigenvalue weighted by atomic mass is 19.1. The lowest BCUT2D eigenvalue weighted by Crippen LogP contribution is -2.13. The van der Waals surface area contributed by atoms with Crippen molar-refractivity contribution >= 4 is 5.97 Å². The minimum Gasteiger partial charge on any atom is -0.481 e. The van der Waals surface area contributed by atoms with E-state index in [-0.39, 0.29) is 17.8 Å². The second-order valence-electron chi connectivity index (χ2n) is 4.02. The molecule has 1 aromatic carbocycles. The molecule has 0 radical (unpaired) electrons. The van der Waals surface area contributed by atoms with Gasteiger partial charge in [-0.15, -0.1) is 5.10 Å². The maximum absolute atomic E-state index is 13.7. The number of tetrazole rings is 1. The Morgan fingerprint density at radius 1 is 1.47 bits per heavy atom. The first-order valence-electron chi connectivity index (χ1n) is 5.44. The Labute approximate surface area is 106 Å². The van der Waals surface area contributed by atoms with E-state index in [1.54, 1.807) is 6.92 Å².